The van der Waals surface area contributed by atoms with Crippen molar-refractivity contribution in [2.45, 2.75) is 6.18 Å². The predicted molar refractivity (Wildman–Crippen MR) is 55.8 cm³/mol. The van der Waals surface area contributed by atoms with Crippen LogP contribution < -0.4 is 5.73 Å². The Hall–Kier alpha value is -1.76. The quantitative estimate of drug-likeness (QED) is 0.859. The molecule has 0 aliphatic heterocycles. The van der Waals surface area contributed by atoms with Crippen LogP contribution in [0, 0.1) is 0 Å². The van der Waals surface area contributed by atoms with E-state index in [-0.39, 0.29) is 16.7 Å². The number of hydrogen-bond acceptors (Lipinski definition) is 3. The van der Waals surface area contributed by atoms with Gasteiger partial charge in [0.2, 0.25) is 0 Å². The molecule has 0 amide bonds. The van der Waals surface area contributed by atoms with E-state index in [0.29, 0.717) is 0 Å². The Morgan fingerprint density at radius 1 is 1.24 bits per heavy atom. The molecular formula is C9H6ClF3N4. The number of benzene rings is 1. The minimum absolute atomic E-state index is 0.0379. The summed E-state index contributed by atoms with van der Waals surface area (Å²) in [7, 11) is 0. The van der Waals surface area contributed by atoms with Crippen molar-refractivity contribution in [3.63, 3.8) is 0 Å². The molecule has 0 saturated heterocycles. The molecule has 0 atom stereocenters. The number of rotatable bonds is 1. The van der Waals surface area contributed by atoms with Crippen molar-refractivity contribution in [2.75, 3.05) is 5.73 Å². The average Bonchev–Trinajstić information content (AvgIpc) is 2.58. The molecule has 1 heterocycles. The summed E-state index contributed by atoms with van der Waals surface area (Å²) < 4.78 is 37.4. The van der Waals surface area contributed by atoms with Crippen LogP contribution in [0.3, 0.4) is 0 Å². The van der Waals surface area contributed by atoms with E-state index in [4.69, 9.17) is 17.3 Å². The highest BCUT2D eigenvalue weighted by Crippen LogP contribution is 2.30. The lowest BCUT2D eigenvalue weighted by Crippen LogP contribution is -2.07. The molecule has 1 aromatic carbocycles. The molecule has 90 valence electrons. The Kier molecular flexibility index (Phi) is 2.70. The van der Waals surface area contributed by atoms with Crippen LogP contribution in [0.5, 0.6) is 0 Å². The van der Waals surface area contributed by atoms with Gasteiger partial charge in [0, 0.05) is 0 Å². The number of nitrogens with zero attached hydrogens (tertiary/aromatic N) is 3. The maximum absolute atomic E-state index is 12.5. The van der Waals surface area contributed by atoms with Crippen LogP contribution in [0.15, 0.2) is 24.3 Å². The molecule has 0 aliphatic rings. The zero-order valence-electron chi connectivity index (χ0n) is 8.24. The van der Waals surface area contributed by atoms with Gasteiger partial charge in [-0.1, -0.05) is 17.7 Å². The van der Waals surface area contributed by atoms with Gasteiger partial charge < -0.3 is 5.73 Å². The van der Waals surface area contributed by atoms with Crippen molar-refractivity contribution in [2.24, 2.45) is 0 Å². The van der Waals surface area contributed by atoms with E-state index in [9.17, 15) is 13.2 Å². The fourth-order valence-corrected chi connectivity index (χ4v) is 1.33. The van der Waals surface area contributed by atoms with Gasteiger partial charge in [0.05, 0.1) is 11.3 Å². The third-order valence-electron chi connectivity index (χ3n) is 2.00. The summed E-state index contributed by atoms with van der Waals surface area (Å²) in [4.78, 5) is 0.951. The summed E-state index contributed by atoms with van der Waals surface area (Å²) >= 11 is 5.57. The maximum Gasteiger partial charge on any atom is 0.416 e. The number of halogens is 4. The Morgan fingerprint density at radius 2 is 1.94 bits per heavy atom. The van der Waals surface area contributed by atoms with Gasteiger partial charge in [-0.3, -0.25) is 0 Å². The van der Waals surface area contributed by atoms with Crippen molar-refractivity contribution >= 4 is 17.4 Å². The van der Waals surface area contributed by atoms with Gasteiger partial charge in [-0.05, 0) is 18.2 Å². The third kappa shape index (κ3) is 2.33. The van der Waals surface area contributed by atoms with Crippen molar-refractivity contribution in [3.8, 4) is 5.69 Å². The summed E-state index contributed by atoms with van der Waals surface area (Å²) in [6, 6.07) is 4.55. The standard InChI is InChI=1S/C9H6ClF3N4/c10-7-8(14)16-17(15-7)6-3-1-2-5(4-6)9(11,12)13/h1-4H,(H2,14,16). The first-order valence-corrected chi connectivity index (χ1v) is 4.81. The maximum atomic E-state index is 12.5. The van der Waals surface area contributed by atoms with E-state index in [2.05, 4.69) is 10.2 Å². The fraction of sp³-hybridized carbons (Fsp3) is 0.111. The van der Waals surface area contributed by atoms with E-state index >= 15 is 0 Å². The van der Waals surface area contributed by atoms with Crippen LogP contribution in [0.25, 0.3) is 5.69 Å². The van der Waals surface area contributed by atoms with E-state index in [1.54, 1.807) is 0 Å². The van der Waals surface area contributed by atoms with Gasteiger partial charge in [-0.15, -0.1) is 15.0 Å². The lowest BCUT2D eigenvalue weighted by atomic mass is 10.2. The molecule has 0 fully saturated rings. The monoisotopic (exact) mass is 262 g/mol. The molecule has 8 heteroatoms. The first-order chi connectivity index (χ1) is 7.88. The number of nitrogens with two attached hydrogens (primary N) is 1. The third-order valence-corrected chi connectivity index (χ3v) is 2.27. The molecular weight excluding hydrogens is 257 g/mol. The Morgan fingerprint density at radius 3 is 2.47 bits per heavy atom. The van der Waals surface area contributed by atoms with E-state index in [1.807, 2.05) is 0 Å². The first kappa shape index (κ1) is 11.7. The molecule has 17 heavy (non-hydrogen) atoms. The van der Waals surface area contributed by atoms with Gasteiger partial charge in [0.25, 0.3) is 0 Å². The lowest BCUT2D eigenvalue weighted by molar-refractivity contribution is -0.137. The Bertz CT molecular complexity index is 530. The van der Waals surface area contributed by atoms with Crippen molar-refractivity contribution in [3.05, 3.63) is 35.0 Å². The predicted octanol–water partition coefficient (Wildman–Crippen LogP) is 2.52. The van der Waals surface area contributed by atoms with Crippen molar-refractivity contribution < 1.29 is 13.2 Å². The van der Waals surface area contributed by atoms with Gasteiger partial charge >= 0.3 is 6.18 Å². The van der Waals surface area contributed by atoms with E-state index in [1.165, 1.54) is 12.1 Å². The normalized spacial score (nSPS) is 11.8. The molecule has 2 N–H and O–H groups in total. The van der Waals surface area contributed by atoms with Crippen LogP contribution in [-0.2, 0) is 6.18 Å². The molecule has 1 aromatic heterocycles. The molecule has 2 aromatic rings. The highest BCUT2D eigenvalue weighted by Gasteiger charge is 2.30. The Labute approximate surface area is 98.8 Å². The van der Waals surface area contributed by atoms with Gasteiger partial charge in [-0.25, -0.2) is 0 Å². The topological polar surface area (TPSA) is 56.7 Å². The minimum atomic E-state index is -4.42. The van der Waals surface area contributed by atoms with E-state index in [0.717, 1.165) is 16.9 Å². The average molecular weight is 263 g/mol. The molecule has 0 unspecified atom stereocenters. The number of alkyl halides is 3. The molecule has 0 bridgehead atoms. The first-order valence-electron chi connectivity index (χ1n) is 4.44. The summed E-state index contributed by atoms with van der Waals surface area (Å²) in [5.74, 6) is -0.0379. The molecule has 0 aliphatic carbocycles. The van der Waals surface area contributed by atoms with Gasteiger partial charge in [0.15, 0.2) is 11.0 Å². The molecule has 4 nitrogen and oxygen atoms in total. The fourth-order valence-electron chi connectivity index (χ4n) is 1.22. The lowest BCUT2D eigenvalue weighted by Gasteiger charge is -2.07. The number of anilines is 1. The highest BCUT2D eigenvalue weighted by molar-refractivity contribution is 6.31. The van der Waals surface area contributed by atoms with Crippen LogP contribution >= 0.6 is 11.6 Å². The second kappa shape index (κ2) is 3.92. The molecule has 2 rings (SSSR count). The highest BCUT2D eigenvalue weighted by atomic mass is 35.5. The number of nitrogen functional groups attached to an aromatic ring is 1. The SMILES string of the molecule is Nc1nn(-c2cccc(C(F)(F)F)c2)nc1Cl. The molecule has 0 saturated carbocycles. The zero-order valence-corrected chi connectivity index (χ0v) is 9.00. The van der Waals surface area contributed by atoms with Crippen LogP contribution in [0.2, 0.25) is 5.15 Å². The van der Waals surface area contributed by atoms with Crippen molar-refractivity contribution in [1.29, 1.82) is 0 Å². The second-order valence-electron chi connectivity index (χ2n) is 3.21. The van der Waals surface area contributed by atoms with Crippen LogP contribution in [-0.4, -0.2) is 15.0 Å². The Balaban J connectivity index is 2.47. The van der Waals surface area contributed by atoms with Crippen LogP contribution in [0.1, 0.15) is 5.56 Å². The summed E-state index contributed by atoms with van der Waals surface area (Å²) in [5.41, 5.74) is 4.70. The summed E-state index contributed by atoms with van der Waals surface area (Å²) in [5, 5.41) is 7.32. The number of hydrogen-bond donors (Lipinski definition) is 1. The molecule has 0 radical (unpaired) electrons. The van der Waals surface area contributed by atoms with E-state index < -0.39 is 11.7 Å². The molecule has 0 spiro atoms. The zero-order chi connectivity index (χ0) is 12.6. The number of aromatic nitrogens is 3. The smallest absolute Gasteiger partial charge is 0.380 e. The second-order valence-corrected chi connectivity index (χ2v) is 3.57. The minimum Gasteiger partial charge on any atom is -0.380 e. The largest absolute Gasteiger partial charge is 0.416 e. The summed E-state index contributed by atoms with van der Waals surface area (Å²) in [6.07, 6.45) is -4.42. The summed E-state index contributed by atoms with van der Waals surface area (Å²) in [6.45, 7) is 0. The van der Waals surface area contributed by atoms with Crippen LogP contribution in [0.4, 0.5) is 19.0 Å². The van der Waals surface area contributed by atoms with Gasteiger partial charge in [-0.2, -0.15) is 13.2 Å². The van der Waals surface area contributed by atoms with Gasteiger partial charge in [0.1, 0.15) is 0 Å². The van der Waals surface area contributed by atoms with Crippen molar-refractivity contribution in [1.82, 2.24) is 15.0 Å².